The molecule has 0 aliphatic rings. The van der Waals surface area contributed by atoms with Gasteiger partial charge in [-0.1, -0.05) is 23.9 Å². The molecule has 1 aromatic carbocycles. The second-order valence-electron chi connectivity index (χ2n) is 4.05. The smallest absolute Gasteiger partial charge is 0.313 e. The van der Waals surface area contributed by atoms with Gasteiger partial charge in [0.05, 0.1) is 17.1 Å². The van der Waals surface area contributed by atoms with Crippen LogP contribution in [0, 0.1) is 0 Å². The lowest BCUT2D eigenvalue weighted by Crippen LogP contribution is -2.12. The summed E-state index contributed by atoms with van der Waals surface area (Å²) in [6.45, 7) is 0. The van der Waals surface area contributed by atoms with Crippen LogP contribution in [0.15, 0.2) is 35.7 Å². The normalized spacial score (nSPS) is 10.4. The molecule has 100 valence electrons. The number of rotatable bonds is 5. The van der Waals surface area contributed by atoms with Crippen LogP contribution in [0.3, 0.4) is 0 Å². The lowest BCUT2D eigenvalue weighted by molar-refractivity contribution is -0.133. The third-order valence-electron chi connectivity index (χ3n) is 2.46. The summed E-state index contributed by atoms with van der Waals surface area (Å²) in [6, 6.07) is 7.81. The number of anilines is 1. The molecule has 0 bridgehead atoms. The van der Waals surface area contributed by atoms with Crippen molar-refractivity contribution < 1.29 is 9.90 Å². The van der Waals surface area contributed by atoms with Crippen LogP contribution in [0.1, 0.15) is 0 Å². The van der Waals surface area contributed by atoms with Gasteiger partial charge in [-0.25, -0.2) is 0 Å². The number of carboxylic acid groups (broad SMARTS) is 1. The van der Waals surface area contributed by atoms with Gasteiger partial charge < -0.3 is 10.0 Å². The first-order valence-electron chi connectivity index (χ1n) is 5.61. The highest BCUT2D eigenvalue weighted by atomic mass is 32.2. The minimum Gasteiger partial charge on any atom is -0.481 e. The summed E-state index contributed by atoms with van der Waals surface area (Å²) in [5.74, 6) is -0.913. The van der Waals surface area contributed by atoms with Crippen molar-refractivity contribution in [2.75, 3.05) is 24.7 Å². The number of thioether (sulfide) groups is 1. The van der Waals surface area contributed by atoms with Crippen molar-refractivity contribution in [3.8, 4) is 5.69 Å². The van der Waals surface area contributed by atoms with E-state index in [1.165, 1.54) is 0 Å². The number of benzene rings is 1. The number of para-hydroxylation sites is 2. The predicted molar refractivity (Wildman–Crippen MR) is 74.0 cm³/mol. The first-order valence-corrected chi connectivity index (χ1v) is 6.59. The number of carboxylic acids is 1. The summed E-state index contributed by atoms with van der Waals surface area (Å²) in [4.78, 5) is 12.6. The topological polar surface area (TPSA) is 71.2 Å². The molecular weight excluding hydrogens is 264 g/mol. The number of hydrogen-bond acceptors (Lipinski definition) is 5. The van der Waals surface area contributed by atoms with Gasteiger partial charge in [-0.05, 0) is 12.1 Å². The zero-order valence-electron chi connectivity index (χ0n) is 10.6. The van der Waals surface area contributed by atoms with Crippen LogP contribution in [0.25, 0.3) is 5.69 Å². The molecule has 2 aromatic rings. The highest BCUT2D eigenvalue weighted by Gasteiger charge is 2.12. The first kappa shape index (κ1) is 13.4. The summed E-state index contributed by atoms with van der Waals surface area (Å²) in [7, 11) is 3.90. The minimum atomic E-state index is -0.875. The molecule has 0 saturated heterocycles. The Bertz CT molecular complexity index is 583. The Morgan fingerprint density at radius 2 is 2.16 bits per heavy atom. The van der Waals surface area contributed by atoms with Gasteiger partial charge in [0.1, 0.15) is 6.33 Å². The van der Waals surface area contributed by atoms with E-state index in [4.69, 9.17) is 5.11 Å². The molecule has 0 amide bonds. The van der Waals surface area contributed by atoms with Gasteiger partial charge in [0, 0.05) is 14.1 Å². The van der Waals surface area contributed by atoms with Crippen molar-refractivity contribution >= 4 is 23.4 Å². The number of aromatic nitrogens is 3. The second kappa shape index (κ2) is 5.75. The highest BCUT2D eigenvalue weighted by Crippen LogP contribution is 2.26. The van der Waals surface area contributed by atoms with Crippen LogP contribution >= 0.6 is 11.8 Å². The Morgan fingerprint density at radius 3 is 2.84 bits per heavy atom. The van der Waals surface area contributed by atoms with Gasteiger partial charge in [-0.2, -0.15) is 0 Å². The third kappa shape index (κ3) is 3.05. The van der Waals surface area contributed by atoms with Gasteiger partial charge in [0.2, 0.25) is 0 Å². The summed E-state index contributed by atoms with van der Waals surface area (Å²) < 4.78 is 1.79. The van der Waals surface area contributed by atoms with E-state index in [2.05, 4.69) is 10.2 Å². The average Bonchev–Trinajstić information content (AvgIpc) is 2.84. The fraction of sp³-hybridized carbons (Fsp3) is 0.250. The molecule has 0 fully saturated rings. The molecule has 1 N–H and O–H groups in total. The van der Waals surface area contributed by atoms with Crippen LogP contribution in [-0.2, 0) is 4.79 Å². The maximum absolute atomic E-state index is 10.6. The molecular formula is C12H14N4O2S. The van der Waals surface area contributed by atoms with E-state index in [1.807, 2.05) is 43.3 Å². The summed E-state index contributed by atoms with van der Waals surface area (Å²) in [5.41, 5.74) is 1.94. The van der Waals surface area contributed by atoms with E-state index in [0.29, 0.717) is 5.16 Å². The van der Waals surface area contributed by atoms with Gasteiger partial charge in [0.15, 0.2) is 5.16 Å². The number of nitrogens with zero attached hydrogens (tertiary/aromatic N) is 4. The van der Waals surface area contributed by atoms with Crippen LogP contribution in [0.2, 0.25) is 0 Å². The molecule has 0 unspecified atom stereocenters. The van der Waals surface area contributed by atoms with Crippen molar-refractivity contribution in [3.63, 3.8) is 0 Å². The fourth-order valence-corrected chi connectivity index (χ4v) is 2.30. The van der Waals surface area contributed by atoms with Crippen molar-refractivity contribution in [2.45, 2.75) is 5.16 Å². The van der Waals surface area contributed by atoms with E-state index >= 15 is 0 Å². The average molecular weight is 278 g/mol. The van der Waals surface area contributed by atoms with Crippen LogP contribution < -0.4 is 4.90 Å². The molecule has 0 spiro atoms. The van der Waals surface area contributed by atoms with E-state index < -0.39 is 5.97 Å². The van der Waals surface area contributed by atoms with Crippen LogP contribution in [-0.4, -0.2) is 45.7 Å². The Hall–Kier alpha value is -2.02. The Labute approximate surface area is 115 Å². The molecule has 0 atom stereocenters. The van der Waals surface area contributed by atoms with Gasteiger partial charge in [-0.15, -0.1) is 10.2 Å². The highest BCUT2D eigenvalue weighted by molar-refractivity contribution is 7.99. The SMILES string of the molecule is CN(C)c1ccccc1-n1cnnc1SCC(=O)O. The van der Waals surface area contributed by atoms with Gasteiger partial charge in [-0.3, -0.25) is 9.36 Å². The lowest BCUT2D eigenvalue weighted by Gasteiger charge is -2.18. The Balaban J connectivity index is 2.37. The van der Waals surface area contributed by atoms with E-state index in [9.17, 15) is 4.79 Å². The molecule has 1 heterocycles. The zero-order chi connectivity index (χ0) is 13.8. The quantitative estimate of drug-likeness (QED) is 0.836. The zero-order valence-corrected chi connectivity index (χ0v) is 11.5. The standard InChI is InChI=1S/C12H14N4O2S/c1-15(2)9-5-3-4-6-10(9)16-8-13-14-12(16)19-7-11(17)18/h3-6,8H,7H2,1-2H3,(H,17,18). The summed E-state index contributed by atoms with van der Waals surface area (Å²) >= 11 is 1.15. The largest absolute Gasteiger partial charge is 0.481 e. The molecule has 7 heteroatoms. The Morgan fingerprint density at radius 1 is 1.42 bits per heavy atom. The molecule has 0 aliphatic heterocycles. The minimum absolute atomic E-state index is 0.0389. The third-order valence-corrected chi connectivity index (χ3v) is 3.39. The predicted octanol–water partition coefficient (Wildman–Crippen LogP) is 1.51. The van der Waals surface area contributed by atoms with E-state index in [0.717, 1.165) is 23.1 Å². The molecule has 0 radical (unpaired) electrons. The van der Waals surface area contributed by atoms with Gasteiger partial charge >= 0.3 is 5.97 Å². The Kier molecular flexibility index (Phi) is 4.06. The van der Waals surface area contributed by atoms with Crippen LogP contribution in [0.4, 0.5) is 5.69 Å². The number of carbonyl (C=O) groups is 1. The molecule has 2 rings (SSSR count). The fourth-order valence-electron chi connectivity index (χ4n) is 1.66. The summed E-state index contributed by atoms with van der Waals surface area (Å²) in [5, 5.41) is 17.1. The molecule has 0 saturated carbocycles. The maximum atomic E-state index is 10.6. The number of hydrogen-bond donors (Lipinski definition) is 1. The summed E-state index contributed by atoms with van der Waals surface area (Å²) in [6.07, 6.45) is 1.59. The number of aliphatic carboxylic acids is 1. The van der Waals surface area contributed by atoms with Crippen molar-refractivity contribution in [3.05, 3.63) is 30.6 Å². The maximum Gasteiger partial charge on any atom is 0.313 e. The van der Waals surface area contributed by atoms with E-state index in [1.54, 1.807) is 10.9 Å². The molecule has 1 aromatic heterocycles. The van der Waals surface area contributed by atoms with Crippen molar-refractivity contribution in [2.24, 2.45) is 0 Å². The lowest BCUT2D eigenvalue weighted by atomic mass is 10.2. The molecule has 0 aliphatic carbocycles. The van der Waals surface area contributed by atoms with Gasteiger partial charge in [0.25, 0.3) is 0 Å². The second-order valence-corrected chi connectivity index (χ2v) is 4.99. The molecule has 19 heavy (non-hydrogen) atoms. The van der Waals surface area contributed by atoms with Crippen molar-refractivity contribution in [1.29, 1.82) is 0 Å². The van der Waals surface area contributed by atoms with E-state index in [-0.39, 0.29) is 5.75 Å². The molecule has 6 nitrogen and oxygen atoms in total. The first-order chi connectivity index (χ1) is 9.09. The monoisotopic (exact) mass is 278 g/mol. The van der Waals surface area contributed by atoms with Crippen molar-refractivity contribution in [1.82, 2.24) is 14.8 Å². The van der Waals surface area contributed by atoms with Crippen LogP contribution in [0.5, 0.6) is 0 Å².